The van der Waals surface area contributed by atoms with E-state index >= 15 is 0 Å². The number of nitrogens with zero attached hydrogens (tertiary/aromatic N) is 1. The summed E-state index contributed by atoms with van der Waals surface area (Å²) in [6, 6.07) is 5.06. The molecular weight excluding hydrogens is 128 g/mol. The summed E-state index contributed by atoms with van der Waals surface area (Å²) in [5.41, 5.74) is 6.20. The molecule has 1 aromatic rings. The molecule has 0 amide bonds. The second kappa shape index (κ2) is 2.66. The van der Waals surface area contributed by atoms with Gasteiger partial charge in [-0.15, -0.1) is 0 Å². The predicted molar refractivity (Wildman–Crippen MR) is 39.6 cm³/mol. The molecule has 0 saturated heterocycles. The zero-order valence-electron chi connectivity index (χ0n) is 5.87. The summed E-state index contributed by atoms with van der Waals surface area (Å²) in [5, 5.41) is 0. The minimum atomic E-state index is -0.0112. The first-order valence-corrected chi connectivity index (χ1v) is 3.10. The van der Waals surface area contributed by atoms with Gasteiger partial charge in [0.05, 0.1) is 0 Å². The molecule has 0 aromatic carbocycles. The topological polar surface area (TPSA) is 48.0 Å². The van der Waals surface area contributed by atoms with Gasteiger partial charge in [0, 0.05) is 25.4 Å². The van der Waals surface area contributed by atoms with Crippen molar-refractivity contribution < 1.29 is 0 Å². The lowest BCUT2D eigenvalue weighted by atomic mass is 10.3. The van der Waals surface area contributed by atoms with Crippen LogP contribution < -0.4 is 11.3 Å². The van der Waals surface area contributed by atoms with Crippen molar-refractivity contribution in [1.82, 2.24) is 4.57 Å². The van der Waals surface area contributed by atoms with Gasteiger partial charge in [-0.1, -0.05) is 6.07 Å². The Labute approximate surface area is 59.1 Å². The summed E-state index contributed by atoms with van der Waals surface area (Å²) in [5.74, 6) is 0. The quantitative estimate of drug-likeness (QED) is 0.586. The van der Waals surface area contributed by atoms with Crippen molar-refractivity contribution in [2.75, 3.05) is 0 Å². The lowest BCUT2D eigenvalue weighted by Crippen LogP contribution is -2.20. The average molecular weight is 138 g/mol. The molecule has 10 heavy (non-hydrogen) atoms. The van der Waals surface area contributed by atoms with Crippen LogP contribution in [0.2, 0.25) is 0 Å². The molecule has 1 rings (SSSR count). The van der Waals surface area contributed by atoms with Gasteiger partial charge in [0.15, 0.2) is 0 Å². The molecule has 2 N–H and O–H groups in total. The van der Waals surface area contributed by atoms with Crippen LogP contribution in [0.4, 0.5) is 0 Å². The Hall–Kier alpha value is -1.09. The Balaban J connectivity index is 3.28. The maximum atomic E-state index is 10.9. The molecule has 1 aromatic heterocycles. The minimum Gasteiger partial charge on any atom is -0.325 e. The highest BCUT2D eigenvalue weighted by atomic mass is 16.1. The SMILES string of the molecule is Cn1c(CN)cccc1=O. The van der Waals surface area contributed by atoms with Gasteiger partial charge in [-0.05, 0) is 6.07 Å². The fourth-order valence-electron chi connectivity index (χ4n) is 0.812. The van der Waals surface area contributed by atoms with Crippen LogP contribution in [0, 0.1) is 0 Å². The van der Waals surface area contributed by atoms with Crippen molar-refractivity contribution in [3.05, 3.63) is 34.2 Å². The molecule has 0 aliphatic rings. The van der Waals surface area contributed by atoms with Gasteiger partial charge in [-0.3, -0.25) is 4.79 Å². The van der Waals surface area contributed by atoms with Crippen LogP contribution in [0.5, 0.6) is 0 Å². The van der Waals surface area contributed by atoms with Crippen molar-refractivity contribution >= 4 is 0 Å². The van der Waals surface area contributed by atoms with Crippen molar-refractivity contribution in [3.63, 3.8) is 0 Å². The molecule has 0 bridgehead atoms. The molecule has 3 heteroatoms. The Morgan fingerprint density at radius 2 is 2.30 bits per heavy atom. The highest BCUT2D eigenvalue weighted by molar-refractivity contribution is 5.05. The summed E-state index contributed by atoms with van der Waals surface area (Å²) in [6.07, 6.45) is 0. The molecule has 3 nitrogen and oxygen atoms in total. The van der Waals surface area contributed by atoms with E-state index in [1.807, 2.05) is 6.07 Å². The monoisotopic (exact) mass is 138 g/mol. The molecular formula is C7H10N2O. The van der Waals surface area contributed by atoms with Gasteiger partial charge in [0.25, 0.3) is 0 Å². The predicted octanol–water partition coefficient (Wildman–Crippen LogP) is -0.156. The summed E-state index contributed by atoms with van der Waals surface area (Å²) >= 11 is 0. The van der Waals surface area contributed by atoms with E-state index in [0.717, 1.165) is 5.69 Å². The van der Waals surface area contributed by atoms with Gasteiger partial charge >= 0.3 is 0 Å². The first-order valence-electron chi connectivity index (χ1n) is 3.10. The number of aromatic nitrogens is 1. The summed E-state index contributed by atoms with van der Waals surface area (Å²) in [7, 11) is 1.71. The third-order valence-corrected chi connectivity index (χ3v) is 1.50. The Kier molecular flexibility index (Phi) is 1.87. The Morgan fingerprint density at radius 3 is 2.80 bits per heavy atom. The molecule has 0 radical (unpaired) electrons. The number of hydrogen-bond donors (Lipinski definition) is 1. The van der Waals surface area contributed by atoms with Crippen molar-refractivity contribution in [2.45, 2.75) is 6.54 Å². The van der Waals surface area contributed by atoms with Crippen LogP contribution in [0.25, 0.3) is 0 Å². The van der Waals surface area contributed by atoms with E-state index in [9.17, 15) is 4.79 Å². The number of rotatable bonds is 1. The summed E-state index contributed by atoms with van der Waals surface area (Å²) < 4.78 is 1.54. The van der Waals surface area contributed by atoms with Crippen molar-refractivity contribution in [2.24, 2.45) is 12.8 Å². The van der Waals surface area contributed by atoms with Gasteiger partial charge in [0.1, 0.15) is 0 Å². The molecule has 0 fully saturated rings. The van der Waals surface area contributed by atoms with Crippen molar-refractivity contribution in [3.8, 4) is 0 Å². The normalized spacial score (nSPS) is 9.80. The van der Waals surface area contributed by atoms with Crippen LogP contribution >= 0.6 is 0 Å². The Bertz CT molecular complexity index is 277. The number of nitrogens with two attached hydrogens (primary N) is 1. The highest BCUT2D eigenvalue weighted by Crippen LogP contribution is 1.89. The maximum Gasteiger partial charge on any atom is 0.250 e. The van der Waals surface area contributed by atoms with Gasteiger partial charge in [-0.25, -0.2) is 0 Å². The van der Waals surface area contributed by atoms with E-state index < -0.39 is 0 Å². The zero-order valence-corrected chi connectivity index (χ0v) is 5.87. The maximum absolute atomic E-state index is 10.9. The first kappa shape index (κ1) is 7.02. The van der Waals surface area contributed by atoms with Crippen LogP contribution in [0.1, 0.15) is 5.69 Å². The molecule has 54 valence electrons. The highest BCUT2D eigenvalue weighted by Gasteiger charge is 1.93. The fourth-order valence-corrected chi connectivity index (χ4v) is 0.812. The minimum absolute atomic E-state index is 0.0112. The average Bonchev–Trinajstić information content (AvgIpc) is 1.95. The molecule has 0 atom stereocenters. The zero-order chi connectivity index (χ0) is 7.56. The summed E-state index contributed by atoms with van der Waals surface area (Å²) in [4.78, 5) is 10.9. The Morgan fingerprint density at radius 1 is 1.60 bits per heavy atom. The molecule has 0 spiro atoms. The van der Waals surface area contributed by atoms with Crippen LogP contribution in [0.3, 0.4) is 0 Å². The lowest BCUT2D eigenvalue weighted by molar-refractivity contribution is 0.772. The smallest absolute Gasteiger partial charge is 0.250 e. The van der Waals surface area contributed by atoms with Crippen LogP contribution in [-0.2, 0) is 13.6 Å². The van der Waals surface area contributed by atoms with Gasteiger partial charge in [0.2, 0.25) is 5.56 Å². The summed E-state index contributed by atoms with van der Waals surface area (Å²) in [6.45, 7) is 0.409. The third kappa shape index (κ3) is 1.09. The molecule has 1 heterocycles. The second-order valence-corrected chi connectivity index (χ2v) is 2.12. The van der Waals surface area contributed by atoms with E-state index in [-0.39, 0.29) is 5.56 Å². The molecule has 0 unspecified atom stereocenters. The van der Waals surface area contributed by atoms with Gasteiger partial charge < -0.3 is 10.3 Å². The second-order valence-electron chi connectivity index (χ2n) is 2.12. The molecule has 0 aliphatic heterocycles. The number of pyridine rings is 1. The van der Waals surface area contributed by atoms with E-state index in [1.165, 1.54) is 6.07 Å². The lowest BCUT2D eigenvalue weighted by Gasteiger charge is -2.02. The third-order valence-electron chi connectivity index (χ3n) is 1.50. The van der Waals surface area contributed by atoms with Crippen LogP contribution in [-0.4, -0.2) is 4.57 Å². The first-order chi connectivity index (χ1) is 4.75. The molecule has 0 saturated carbocycles. The standard InChI is InChI=1S/C7H10N2O/c1-9-6(5-8)3-2-4-7(9)10/h2-4H,5,8H2,1H3. The van der Waals surface area contributed by atoms with E-state index in [0.29, 0.717) is 6.54 Å². The largest absolute Gasteiger partial charge is 0.325 e. The van der Waals surface area contributed by atoms with Gasteiger partial charge in [-0.2, -0.15) is 0 Å². The van der Waals surface area contributed by atoms with Crippen LogP contribution in [0.15, 0.2) is 23.0 Å². The molecule has 0 aliphatic carbocycles. The number of hydrogen-bond acceptors (Lipinski definition) is 2. The van der Waals surface area contributed by atoms with E-state index in [1.54, 1.807) is 17.7 Å². The van der Waals surface area contributed by atoms with Crippen molar-refractivity contribution in [1.29, 1.82) is 0 Å². The van der Waals surface area contributed by atoms with E-state index in [2.05, 4.69) is 0 Å². The van der Waals surface area contributed by atoms with E-state index in [4.69, 9.17) is 5.73 Å². The fraction of sp³-hybridized carbons (Fsp3) is 0.286.